The lowest BCUT2D eigenvalue weighted by Crippen LogP contribution is -2.47. The Morgan fingerprint density at radius 2 is 1.83 bits per heavy atom. The number of aromatic nitrogens is 3. The summed E-state index contributed by atoms with van der Waals surface area (Å²) < 4.78 is 20.3. The summed E-state index contributed by atoms with van der Waals surface area (Å²) in [5.41, 5.74) is 5.35. The fourth-order valence-corrected chi connectivity index (χ4v) is 4.97. The Morgan fingerprint density at radius 1 is 1.03 bits per heavy atom. The summed E-state index contributed by atoms with van der Waals surface area (Å²) in [6.45, 7) is 9.07. The molecule has 2 aromatic heterocycles. The molecule has 0 amide bonds. The lowest BCUT2D eigenvalue weighted by molar-refractivity contribution is 0.0344. The number of anilines is 1. The van der Waals surface area contributed by atoms with E-state index in [4.69, 9.17) is 24.0 Å². The second-order valence-corrected chi connectivity index (χ2v) is 10.5. The van der Waals surface area contributed by atoms with Crippen LogP contribution in [0.3, 0.4) is 0 Å². The van der Waals surface area contributed by atoms with Gasteiger partial charge in [0.1, 0.15) is 5.82 Å². The van der Waals surface area contributed by atoms with Gasteiger partial charge in [-0.2, -0.15) is 9.97 Å². The maximum absolute atomic E-state index is 6.12. The molecule has 2 aliphatic rings. The maximum atomic E-state index is 6.12. The van der Waals surface area contributed by atoms with E-state index in [1.54, 1.807) is 0 Å². The van der Waals surface area contributed by atoms with Crippen molar-refractivity contribution in [3.8, 4) is 11.8 Å². The molecule has 0 bridgehead atoms. The summed E-state index contributed by atoms with van der Waals surface area (Å²) in [4.78, 5) is 9.88. The first kappa shape index (κ1) is 23.1. The third-order valence-corrected chi connectivity index (χ3v) is 6.84. The number of nitrogens with zero attached hydrogens (tertiary/aromatic N) is 3. The summed E-state index contributed by atoms with van der Waals surface area (Å²) >= 11 is 0. The summed E-state index contributed by atoms with van der Waals surface area (Å²) in [7, 11) is -0.382. The quantitative estimate of drug-likeness (QED) is 0.425. The zero-order valence-corrected chi connectivity index (χ0v) is 21.1. The van der Waals surface area contributed by atoms with Crippen molar-refractivity contribution in [2.45, 2.75) is 40.2 Å². The van der Waals surface area contributed by atoms with Crippen LogP contribution in [0.25, 0.3) is 16.9 Å². The molecular weight excluding hydrogens is 451 g/mol. The average Bonchev–Trinajstić information content (AvgIpc) is 3.23. The number of nitrogens with one attached hydrogen (secondary N) is 1. The van der Waals surface area contributed by atoms with Crippen LogP contribution in [-0.4, -0.2) is 41.5 Å². The van der Waals surface area contributed by atoms with Gasteiger partial charge in [0.05, 0.1) is 17.7 Å². The molecule has 0 atom stereocenters. The Bertz CT molecular complexity index is 1390. The highest BCUT2D eigenvalue weighted by Gasteiger charge is 2.35. The predicted molar refractivity (Wildman–Crippen MR) is 142 cm³/mol. The highest BCUT2D eigenvalue weighted by atomic mass is 16.6. The van der Waals surface area contributed by atoms with Crippen LogP contribution in [0.2, 0.25) is 0 Å². The average molecular weight is 482 g/mol. The monoisotopic (exact) mass is 482 g/mol. The van der Waals surface area contributed by atoms with E-state index in [2.05, 4.69) is 73.1 Å². The van der Waals surface area contributed by atoms with Gasteiger partial charge in [-0.25, -0.2) is 0 Å². The molecule has 1 N–H and O–H groups in total. The van der Waals surface area contributed by atoms with Gasteiger partial charge in [-0.1, -0.05) is 56.3 Å². The number of rotatable bonds is 5. The van der Waals surface area contributed by atoms with Crippen LogP contribution in [0.15, 0.2) is 54.6 Å². The molecule has 184 valence electrons. The first-order chi connectivity index (χ1) is 17.5. The number of hydrogen-bond acceptors (Lipinski definition) is 6. The molecule has 2 aliphatic heterocycles. The number of benzene rings is 2. The van der Waals surface area contributed by atoms with Crippen molar-refractivity contribution < 1.29 is 14.0 Å². The molecule has 4 aromatic rings. The third-order valence-electron chi connectivity index (χ3n) is 6.84. The minimum absolute atomic E-state index is 0.0202. The Morgan fingerprint density at radius 3 is 2.64 bits per heavy atom. The second-order valence-electron chi connectivity index (χ2n) is 10.5. The van der Waals surface area contributed by atoms with Crippen molar-refractivity contribution in [1.29, 1.82) is 0 Å². The lowest BCUT2D eigenvalue weighted by Gasteiger charge is -2.33. The van der Waals surface area contributed by atoms with E-state index in [0.29, 0.717) is 38.2 Å². The van der Waals surface area contributed by atoms with Crippen LogP contribution in [0.4, 0.5) is 5.82 Å². The van der Waals surface area contributed by atoms with E-state index in [9.17, 15) is 0 Å². The highest BCUT2D eigenvalue weighted by molar-refractivity contribution is 6.64. The minimum Gasteiger partial charge on any atom is -0.477 e. The molecule has 1 fully saturated rings. The second kappa shape index (κ2) is 9.26. The molecule has 1 saturated heterocycles. The Balaban J connectivity index is 1.40. The summed E-state index contributed by atoms with van der Waals surface area (Å²) in [5, 5.41) is 4.63. The first-order valence-corrected chi connectivity index (χ1v) is 12.6. The number of aryl methyl sites for hydroxylation is 1. The molecule has 4 heterocycles. The zero-order chi connectivity index (χ0) is 24.7. The summed E-state index contributed by atoms with van der Waals surface area (Å²) in [6.07, 6.45) is 1.86. The van der Waals surface area contributed by atoms with Crippen molar-refractivity contribution in [2.75, 3.05) is 25.1 Å². The molecule has 0 unspecified atom stereocenters. The number of ether oxygens (including phenoxy) is 1. The van der Waals surface area contributed by atoms with Gasteiger partial charge in [0.25, 0.3) is 0 Å². The molecule has 0 radical (unpaired) electrons. The highest BCUT2D eigenvalue weighted by Crippen LogP contribution is 2.32. The topological polar surface area (TPSA) is 70.4 Å². The van der Waals surface area contributed by atoms with Gasteiger partial charge in [0, 0.05) is 36.3 Å². The van der Waals surface area contributed by atoms with Crippen LogP contribution >= 0.6 is 0 Å². The van der Waals surface area contributed by atoms with Crippen LogP contribution < -0.4 is 15.5 Å². The zero-order valence-electron chi connectivity index (χ0n) is 21.1. The molecule has 0 aliphatic carbocycles. The largest absolute Gasteiger partial charge is 0.494 e. The fourth-order valence-electron chi connectivity index (χ4n) is 4.97. The Hall–Kier alpha value is -3.36. The summed E-state index contributed by atoms with van der Waals surface area (Å²) in [6, 6.07) is 18.7. The minimum atomic E-state index is -0.382. The van der Waals surface area contributed by atoms with Crippen LogP contribution in [-0.2, 0) is 22.3 Å². The lowest BCUT2D eigenvalue weighted by atomic mass is 9.74. The van der Waals surface area contributed by atoms with E-state index in [-0.39, 0.29) is 12.5 Å². The molecular formula is C28H31BN4O3. The molecule has 36 heavy (non-hydrogen) atoms. The molecule has 7 nitrogen and oxygen atoms in total. The molecule has 6 rings (SSSR count). The number of hydrogen-bond donors (Lipinski definition) is 1. The number of fused-ring (bicyclic) bond motifs is 2. The van der Waals surface area contributed by atoms with Crippen molar-refractivity contribution in [3.05, 3.63) is 71.4 Å². The molecule has 2 aromatic carbocycles. The smallest absolute Gasteiger partial charge is 0.477 e. The van der Waals surface area contributed by atoms with Gasteiger partial charge >= 0.3 is 7.12 Å². The molecule has 0 spiro atoms. The maximum Gasteiger partial charge on any atom is 0.494 e. The van der Waals surface area contributed by atoms with Crippen molar-refractivity contribution in [2.24, 2.45) is 5.41 Å². The van der Waals surface area contributed by atoms with Gasteiger partial charge < -0.3 is 19.4 Å². The first-order valence-electron chi connectivity index (χ1n) is 12.6. The van der Waals surface area contributed by atoms with Gasteiger partial charge in [0.2, 0.25) is 11.8 Å². The van der Waals surface area contributed by atoms with Crippen LogP contribution in [0.1, 0.15) is 37.1 Å². The standard InChI is InChI=1S/C28H31BN4O3/c1-19-15-22-23(29-35-17-28(2,3)18-36-29)12-7-13-24(22)33(19)27-31-25(21-11-8-14-34-26(21)32-27)30-16-20-9-5-4-6-10-20/h4-7,9-10,12-13,15H,8,11,14,16-18H2,1-3H3,(H,30,31,32). The van der Waals surface area contributed by atoms with Crippen molar-refractivity contribution in [1.82, 2.24) is 14.5 Å². The van der Waals surface area contributed by atoms with Crippen molar-refractivity contribution >= 4 is 29.3 Å². The van der Waals surface area contributed by atoms with Gasteiger partial charge in [-0.15, -0.1) is 0 Å². The molecule has 0 saturated carbocycles. The van der Waals surface area contributed by atoms with Gasteiger partial charge in [-0.3, -0.25) is 4.57 Å². The van der Waals surface area contributed by atoms with E-state index in [0.717, 1.165) is 46.3 Å². The normalized spacial score (nSPS) is 17.0. The van der Waals surface area contributed by atoms with E-state index < -0.39 is 0 Å². The van der Waals surface area contributed by atoms with Gasteiger partial charge in [0.15, 0.2) is 0 Å². The predicted octanol–water partition coefficient (Wildman–Crippen LogP) is 4.43. The van der Waals surface area contributed by atoms with Crippen LogP contribution in [0.5, 0.6) is 5.88 Å². The van der Waals surface area contributed by atoms with E-state index >= 15 is 0 Å². The van der Waals surface area contributed by atoms with E-state index in [1.807, 2.05) is 12.1 Å². The SMILES string of the molecule is Cc1cc2c(B3OCC(C)(C)CO3)cccc2n1-c1nc(NCc2ccccc2)c2c(n1)OCCC2. The van der Waals surface area contributed by atoms with Crippen LogP contribution in [0, 0.1) is 12.3 Å². The Labute approximate surface area is 212 Å². The van der Waals surface area contributed by atoms with E-state index in [1.165, 1.54) is 5.56 Å². The Kier molecular flexibility index (Phi) is 5.93. The van der Waals surface area contributed by atoms with Gasteiger partial charge in [-0.05, 0) is 42.9 Å². The van der Waals surface area contributed by atoms with Crippen molar-refractivity contribution in [3.63, 3.8) is 0 Å². The molecule has 8 heteroatoms. The fraction of sp³-hybridized carbons (Fsp3) is 0.357. The summed E-state index contributed by atoms with van der Waals surface area (Å²) in [5.74, 6) is 2.10. The third kappa shape index (κ3) is 4.35.